The first-order valence-corrected chi connectivity index (χ1v) is 7.39. The Bertz CT molecular complexity index is 762. The molecule has 0 bridgehead atoms. The first kappa shape index (κ1) is 13.6. The van der Waals surface area contributed by atoms with E-state index < -0.39 is 0 Å². The molecule has 1 aromatic heterocycles. The number of nitrogens with zero attached hydrogens (tertiary/aromatic N) is 1. The van der Waals surface area contributed by atoms with Gasteiger partial charge in [-0.05, 0) is 43.5 Å². The minimum atomic E-state index is 0.929. The molecule has 1 heterocycles. The molecule has 0 atom stereocenters. The average molecular weight is 276 g/mol. The molecule has 21 heavy (non-hydrogen) atoms. The van der Waals surface area contributed by atoms with Gasteiger partial charge in [0.2, 0.25) is 0 Å². The largest absolute Gasteiger partial charge is 0.384 e. The summed E-state index contributed by atoms with van der Waals surface area (Å²) >= 11 is 0. The van der Waals surface area contributed by atoms with E-state index in [2.05, 4.69) is 65.8 Å². The Morgan fingerprint density at radius 1 is 0.952 bits per heavy atom. The van der Waals surface area contributed by atoms with E-state index in [1.807, 2.05) is 13.0 Å². The van der Waals surface area contributed by atoms with Crippen molar-refractivity contribution in [1.29, 1.82) is 0 Å². The first-order valence-electron chi connectivity index (χ1n) is 7.39. The molecule has 1 N–H and O–H groups in total. The van der Waals surface area contributed by atoms with Gasteiger partial charge in [0, 0.05) is 23.3 Å². The molecule has 0 saturated heterocycles. The summed E-state index contributed by atoms with van der Waals surface area (Å²) < 4.78 is 0. The topological polar surface area (TPSA) is 24.9 Å². The number of aryl methyl sites for hydroxylation is 2. The maximum Gasteiger partial charge on any atom is 0.0725 e. The third kappa shape index (κ3) is 3.05. The predicted molar refractivity (Wildman–Crippen MR) is 89.9 cm³/mol. The molecule has 0 spiro atoms. The van der Waals surface area contributed by atoms with Gasteiger partial charge in [0.15, 0.2) is 0 Å². The van der Waals surface area contributed by atoms with Crippen molar-refractivity contribution in [3.63, 3.8) is 0 Å². The zero-order valence-electron chi connectivity index (χ0n) is 12.6. The lowest BCUT2D eigenvalue weighted by molar-refractivity contribution is 1.01. The van der Waals surface area contributed by atoms with E-state index in [-0.39, 0.29) is 0 Å². The average Bonchev–Trinajstić information content (AvgIpc) is 2.49. The van der Waals surface area contributed by atoms with Crippen LogP contribution in [0.5, 0.6) is 0 Å². The molecule has 0 amide bonds. The van der Waals surface area contributed by atoms with Crippen molar-refractivity contribution < 1.29 is 0 Å². The van der Waals surface area contributed by atoms with Crippen LogP contribution in [0.4, 0.5) is 5.69 Å². The van der Waals surface area contributed by atoms with Gasteiger partial charge >= 0.3 is 0 Å². The second-order valence-electron chi connectivity index (χ2n) is 5.43. The molecular formula is C19H20N2. The number of aromatic nitrogens is 1. The Hall–Kier alpha value is -2.35. The molecule has 106 valence electrons. The summed E-state index contributed by atoms with van der Waals surface area (Å²) in [6, 6.07) is 19.0. The van der Waals surface area contributed by atoms with Crippen molar-refractivity contribution in [3.8, 4) is 0 Å². The van der Waals surface area contributed by atoms with Crippen LogP contribution in [0.1, 0.15) is 16.8 Å². The highest BCUT2D eigenvalue weighted by Gasteiger charge is 2.03. The van der Waals surface area contributed by atoms with Crippen LogP contribution in [0.15, 0.2) is 54.6 Å². The summed E-state index contributed by atoms with van der Waals surface area (Å²) in [6.07, 6.45) is 1.03. The molecular weight excluding hydrogens is 256 g/mol. The van der Waals surface area contributed by atoms with Crippen LogP contribution in [0.3, 0.4) is 0 Å². The van der Waals surface area contributed by atoms with E-state index in [0.29, 0.717) is 0 Å². The zero-order chi connectivity index (χ0) is 14.7. The SMILES string of the molecule is Cc1cc(NCCc2ccccc2C)c2ccccc2n1. The van der Waals surface area contributed by atoms with E-state index in [1.165, 1.54) is 22.2 Å². The number of rotatable bonds is 4. The zero-order valence-corrected chi connectivity index (χ0v) is 12.6. The number of benzene rings is 2. The summed E-state index contributed by atoms with van der Waals surface area (Å²) in [4.78, 5) is 4.58. The second-order valence-corrected chi connectivity index (χ2v) is 5.43. The minimum absolute atomic E-state index is 0.929. The fourth-order valence-corrected chi connectivity index (χ4v) is 2.68. The van der Waals surface area contributed by atoms with Gasteiger partial charge < -0.3 is 5.32 Å². The van der Waals surface area contributed by atoms with Gasteiger partial charge in [0.25, 0.3) is 0 Å². The predicted octanol–water partition coefficient (Wildman–Crippen LogP) is 4.51. The standard InChI is InChI=1S/C19H20N2/c1-14-7-3-4-8-16(14)11-12-20-19-13-15(2)21-18-10-6-5-9-17(18)19/h3-10,13H,11-12H2,1-2H3,(H,20,21). The fraction of sp³-hybridized carbons (Fsp3) is 0.211. The Kier molecular flexibility index (Phi) is 3.87. The van der Waals surface area contributed by atoms with Gasteiger partial charge in [-0.1, -0.05) is 42.5 Å². The smallest absolute Gasteiger partial charge is 0.0725 e. The van der Waals surface area contributed by atoms with E-state index >= 15 is 0 Å². The number of anilines is 1. The third-order valence-electron chi connectivity index (χ3n) is 3.82. The number of para-hydroxylation sites is 1. The van der Waals surface area contributed by atoms with Crippen LogP contribution in [0, 0.1) is 13.8 Å². The fourth-order valence-electron chi connectivity index (χ4n) is 2.68. The van der Waals surface area contributed by atoms with Crippen LogP contribution in [-0.2, 0) is 6.42 Å². The van der Waals surface area contributed by atoms with Crippen LogP contribution < -0.4 is 5.32 Å². The van der Waals surface area contributed by atoms with Crippen molar-refractivity contribution >= 4 is 16.6 Å². The lowest BCUT2D eigenvalue weighted by atomic mass is 10.1. The molecule has 2 heteroatoms. The van der Waals surface area contributed by atoms with Crippen LogP contribution in [0.2, 0.25) is 0 Å². The highest BCUT2D eigenvalue weighted by Crippen LogP contribution is 2.22. The number of hydrogen-bond acceptors (Lipinski definition) is 2. The maximum atomic E-state index is 4.58. The van der Waals surface area contributed by atoms with Gasteiger partial charge in [0.1, 0.15) is 0 Å². The molecule has 0 fully saturated rings. The minimum Gasteiger partial charge on any atom is -0.384 e. The molecule has 0 aliphatic heterocycles. The van der Waals surface area contributed by atoms with E-state index in [4.69, 9.17) is 0 Å². The van der Waals surface area contributed by atoms with Gasteiger partial charge in [-0.15, -0.1) is 0 Å². The van der Waals surface area contributed by atoms with E-state index in [9.17, 15) is 0 Å². The molecule has 0 unspecified atom stereocenters. The van der Waals surface area contributed by atoms with Crippen LogP contribution >= 0.6 is 0 Å². The lowest BCUT2D eigenvalue weighted by Crippen LogP contribution is -2.06. The van der Waals surface area contributed by atoms with Crippen LogP contribution in [-0.4, -0.2) is 11.5 Å². The molecule has 0 radical (unpaired) electrons. The summed E-state index contributed by atoms with van der Waals surface area (Å²) in [5.74, 6) is 0. The monoisotopic (exact) mass is 276 g/mol. The molecule has 0 saturated carbocycles. The van der Waals surface area contributed by atoms with Gasteiger partial charge in [-0.3, -0.25) is 4.98 Å². The van der Waals surface area contributed by atoms with Crippen LogP contribution in [0.25, 0.3) is 10.9 Å². The number of nitrogens with one attached hydrogen (secondary N) is 1. The second kappa shape index (κ2) is 5.96. The summed E-state index contributed by atoms with van der Waals surface area (Å²) in [7, 11) is 0. The molecule has 2 aromatic carbocycles. The molecule has 3 rings (SSSR count). The Morgan fingerprint density at radius 2 is 1.71 bits per heavy atom. The molecule has 3 aromatic rings. The van der Waals surface area contributed by atoms with Crippen molar-refractivity contribution in [3.05, 3.63) is 71.4 Å². The first-order chi connectivity index (χ1) is 10.2. The summed E-state index contributed by atoms with van der Waals surface area (Å²) in [5.41, 5.74) is 6.03. The number of fused-ring (bicyclic) bond motifs is 1. The summed E-state index contributed by atoms with van der Waals surface area (Å²) in [6.45, 7) is 5.14. The number of hydrogen-bond donors (Lipinski definition) is 1. The Morgan fingerprint density at radius 3 is 2.57 bits per heavy atom. The van der Waals surface area contributed by atoms with E-state index in [0.717, 1.165) is 24.2 Å². The lowest BCUT2D eigenvalue weighted by Gasteiger charge is -2.11. The molecule has 2 nitrogen and oxygen atoms in total. The third-order valence-corrected chi connectivity index (χ3v) is 3.82. The maximum absolute atomic E-state index is 4.58. The van der Waals surface area contributed by atoms with Crippen molar-refractivity contribution in [2.24, 2.45) is 0 Å². The molecule has 0 aliphatic carbocycles. The summed E-state index contributed by atoms with van der Waals surface area (Å²) in [5, 5.41) is 4.75. The molecule has 0 aliphatic rings. The normalized spacial score (nSPS) is 10.8. The number of pyridine rings is 1. The van der Waals surface area contributed by atoms with Gasteiger partial charge in [-0.2, -0.15) is 0 Å². The van der Waals surface area contributed by atoms with Gasteiger partial charge in [-0.25, -0.2) is 0 Å². The quantitative estimate of drug-likeness (QED) is 0.758. The highest BCUT2D eigenvalue weighted by atomic mass is 14.9. The van der Waals surface area contributed by atoms with Gasteiger partial charge in [0.05, 0.1) is 5.52 Å². The van der Waals surface area contributed by atoms with Crippen molar-refractivity contribution in [2.45, 2.75) is 20.3 Å². The Labute approximate surface area is 125 Å². The van der Waals surface area contributed by atoms with Crippen molar-refractivity contribution in [2.75, 3.05) is 11.9 Å². The van der Waals surface area contributed by atoms with Crippen molar-refractivity contribution in [1.82, 2.24) is 4.98 Å². The highest BCUT2D eigenvalue weighted by molar-refractivity contribution is 5.91. The Balaban J connectivity index is 1.78. The van der Waals surface area contributed by atoms with E-state index in [1.54, 1.807) is 0 Å².